The number of carbonyl (C=O) groups is 2. The van der Waals surface area contributed by atoms with Crippen LogP contribution in [0.15, 0.2) is 60.8 Å². The fraction of sp³-hybridized carbons (Fsp3) is 0.348. The molecule has 0 spiro atoms. The number of nitrogens with one attached hydrogen (secondary N) is 1. The highest BCUT2D eigenvalue weighted by Crippen LogP contribution is 2.23. The third-order valence-corrected chi connectivity index (χ3v) is 5.71. The zero-order valence-electron chi connectivity index (χ0n) is 19.0. The Morgan fingerprint density at radius 3 is 2.33 bits per heavy atom. The van der Waals surface area contributed by atoms with Gasteiger partial charge >= 0.3 is 0 Å². The summed E-state index contributed by atoms with van der Waals surface area (Å²) in [6.07, 6.45) is 6.17. The molecule has 9 nitrogen and oxygen atoms in total. The van der Waals surface area contributed by atoms with Crippen LogP contribution >= 0.6 is 0 Å². The van der Waals surface area contributed by atoms with E-state index >= 15 is 0 Å². The summed E-state index contributed by atoms with van der Waals surface area (Å²) < 4.78 is 26.3. The van der Waals surface area contributed by atoms with Crippen molar-refractivity contribution in [2.45, 2.75) is 39.2 Å². The zero-order chi connectivity index (χ0) is 24.4. The standard InChI is InChI=1S/C23H30N4O5S/c1-18(2)15-16-22(28)26(27(33(3,31)32)21-14-7-8-17-24-21)20(23(29)25-30)13-9-12-19-10-5-4-6-11-19/h4-12,14,17-18,20,30H,13,15-16H2,1-3H3,(H,25,29)/t20-/m0/s1. The van der Waals surface area contributed by atoms with E-state index < -0.39 is 27.9 Å². The fourth-order valence-electron chi connectivity index (χ4n) is 3.13. The van der Waals surface area contributed by atoms with Crippen LogP contribution in [0.3, 0.4) is 0 Å². The molecule has 0 radical (unpaired) electrons. The lowest BCUT2D eigenvalue weighted by atomic mass is 10.1. The van der Waals surface area contributed by atoms with Crippen molar-refractivity contribution in [1.29, 1.82) is 0 Å². The second-order valence-corrected chi connectivity index (χ2v) is 9.72. The molecule has 1 atom stereocenters. The second-order valence-electron chi connectivity index (χ2n) is 7.91. The zero-order valence-corrected chi connectivity index (χ0v) is 19.8. The number of sulfonamides is 1. The van der Waals surface area contributed by atoms with Gasteiger partial charge in [-0.05, 0) is 36.5 Å². The number of amides is 2. The van der Waals surface area contributed by atoms with E-state index in [1.807, 2.05) is 44.2 Å². The van der Waals surface area contributed by atoms with E-state index in [4.69, 9.17) is 0 Å². The van der Waals surface area contributed by atoms with Gasteiger partial charge in [0.05, 0.1) is 6.26 Å². The third-order valence-electron chi connectivity index (χ3n) is 4.72. The average molecular weight is 475 g/mol. The van der Waals surface area contributed by atoms with E-state index in [2.05, 4.69) is 4.98 Å². The quantitative estimate of drug-likeness (QED) is 0.382. The van der Waals surface area contributed by atoms with Crippen molar-refractivity contribution in [1.82, 2.24) is 15.5 Å². The van der Waals surface area contributed by atoms with E-state index in [0.717, 1.165) is 21.2 Å². The Bertz CT molecular complexity index is 1040. The monoisotopic (exact) mass is 474 g/mol. The van der Waals surface area contributed by atoms with Gasteiger partial charge < -0.3 is 0 Å². The first-order valence-electron chi connectivity index (χ1n) is 10.5. The Hall–Kier alpha value is -3.24. The Balaban J connectivity index is 2.53. The molecular weight excluding hydrogens is 444 g/mol. The lowest BCUT2D eigenvalue weighted by Crippen LogP contribution is -2.59. The number of hydrogen-bond acceptors (Lipinski definition) is 6. The Morgan fingerprint density at radius 2 is 1.79 bits per heavy atom. The van der Waals surface area contributed by atoms with E-state index in [-0.39, 0.29) is 24.6 Å². The highest BCUT2D eigenvalue weighted by Gasteiger charge is 2.38. The number of benzene rings is 1. The maximum Gasteiger partial charge on any atom is 0.268 e. The van der Waals surface area contributed by atoms with Gasteiger partial charge in [0.1, 0.15) is 6.04 Å². The topological polar surface area (TPSA) is 120 Å². The normalized spacial score (nSPS) is 12.5. The summed E-state index contributed by atoms with van der Waals surface area (Å²) in [6, 6.07) is 12.6. The van der Waals surface area contributed by atoms with Gasteiger partial charge in [-0.15, -0.1) is 0 Å². The van der Waals surface area contributed by atoms with Crippen LogP contribution in [0.4, 0.5) is 5.82 Å². The molecule has 2 aromatic rings. The highest BCUT2D eigenvalue weighted by atomic mass is 32.2. The molecule has 0 aliphatic rings. The van der Waals surface area contributed by atoms with Gasteiger partial charge in [0, 0.05) is 12.6 Å². The number of hydrogen-bond donors (Lipinski definition) is 2. The van der Waals surface area contributed by atoms with Gasteiger partial charge in [0.15, 0.2) is 5.82 Å². The number of pyridine rings is 1. The molecule has 0 saturated carbocycles. The number of anilines is 1. The van der Waals surface area contributed by atoms with Crippen LogP contribution in [0.1, 0.15) is 38.7 Å². The number of hydrazine groups is 1. The molecule has 1 heterocycles. The van der Waals surface area contributed by atoms with E-state index in [9.17, 15) is 23.2 Å². The Kier molecular flexibility index (Phi) is 9.56. The van der Waals surface area contributed by atoms with Crippen LogP contribution < -0.4 is 9.89 Å². The predicted octanol–water partition coefficient (Wildman–Crippen LogP) is 3.00. The molecule has 2 amide bonds. The van der Waals surface area contributed by atoms with E-state index in [1.54, 1.807) is 29.8 Å². The van der Waals surface area contributed by atoms with Gasteiger partial charge in [0.2, 0.25) is 5.91 Å². The second kappa shape index (κ2) is 12.1. The molecule has 1 aromatic heterocycles. The first-order valence-corrected chi connectivity index (χ1v) is 12.4. The molecule has 0 aliphatic carbocycles. The molecule has 0 fully saturated rings. The first kappa shape index (κ1) is 26.0. The summed E-state index contributed by atoms with van der Waals surface area (Å²) >= 11 is 0. The third kappa shape index (κ3) is 7.69. The minimum absolute atomic E-state index is 0.00806. The lowest BCUT2D eigenvalue weighted by molar-refractivity contribution is -0.144. The maximum atomic E-state index is 13.3. The maximum absolute atomic E-state index is 13.3. The number of aromatic nitrogens is 1. The summed E-state index contributed by atoms with van der Waals surface area (Å²) in [6.45, 7) is 3.87. The molecule has 10 heteroatoms. The summed E-state index contributed by atoms with van der Waals surface area (Å²) in [5, 5.41) is 10.3. The van der Waals surface area contributed by atoms with Crippen molar-refractivity contribution < 1.29 is 23.2 Å². The van der Waals surface area contributed by atoms with Gasteiger partial charge in [0.25, 0.3) is 15.9 Å². The van der Waals surface area contributed by atoms with Gasteiger partial charge in [-0.25, -0.2) is 23.9 Å². The van der Waals surface area contributed by atoms with Crippen LogP contribution in [-0.2, 0) is 19.6 Å². The molecule has 178 valence electrons. The van der Waals surface area contributed by atoms with Gasteiger partial charge in [-0.3, -0.25) is 14.8 Å². The van der Waals surface area contributed by atoms with Crippen LogP contribution in [-0.4, -0.2) is 47.7 Å². The summed E-state index contributed by atoms with van der Waals surface area (Å²) in [5.74, 6) is -1.36. The number of nitrogens with zero attached hydrogens (tertiary/aromatic N) is 3. The molecular formula is C23H30N4O5S. The SMILES string of the molecule is CC(C)CCC(=O)N([C@@H](CC=Cc1ccccc1)C(=O)NO)N(c1ccccn1)S(C)(=O)=O. The average Bonchev–Trinajstić information content (AvgIpc) is 2.79. The fourth-order valence-corrected chi connectivity index (χ4v) is 4.10. The molecule has 0 saturated heterocycles. The number of hydroxylamine groups is 1. The Morgan fingerprint density at radius 1 is 1.12 bits per heavy atom. The summed E-state index contributed by atoms with van der Waals surface area (Å²) in [7, 11) is -4.07. The summed E-state index contributed by atoms with van der Waals surface area (Å²) in [5.41, 5.74) is 2.43. The number of carbonyl (C=O) groups excluding carboxylic acids is 2. The van der Waals surface area contributed by atoms with Crippen molar-refractivity contribution >= 4 is 33.7 Å². The van der Waals surface area contributed by atoms with Gasteiger partial charge in [-0.1, -0.05) is 62.4 Å². The van der Waals surface area contributed by atoms with E-state index in [1.165, 1.54) is 12.3 Å². The highest BCUT2D eigenvalue weighted by molar-refractivity contribution is 7.92. The minimum atomic E-state index is -4.07. The minimum Gasteiger partial charge on any atom is -0.289 e. The molecule has 2 N–H and O–H groups in total. The first-order chi connectivity index (χ1) is 15.6. The molecule has 0 unspecified atom stereocenters. The molecule has 0 bridgehead atoms. The lowest BCUT2D eigenvalue weighted by Gasteiger charge is -2.38. The molecule has 1 aromatic carbocycles. The summed E-state index contributed by atoms with van der Waals surface area (Å²) in [4.78, 5) is 30.1. The van der Waals surface area contributed by atoms with Crippen LogP contribution in [0.25, 0.3) is 6.08 Å². The van der Waals surface area contributed by atoms with Crippen molar-refractivity contribution in [3.63, 3.8) is 0 Å². The number of rotatable bonds is 11. The van der Waals surface area contributed by atoms with Crippen molar-refractivity contribution in [2.24, 2.45) is 5.92 Å². The van der Waals surface area contributed by atoms with Crippen molar-refractivity contribution in [3.8, 4) is 0 Å². The Labute approximate surface area is 194 Å². The van der Waals surface area contributed by atoms with Crippen LogP contribution in [0.5, 0.6) is 0 Å². The molecule has 2 rings (SSSR count). The molecule has 0 aliphatic heterocycles. The van der Waals surface area contributed by atoms with E-state index in [0.29, 0.717) is 6.42 Å². The largest absolute Gasteiger partial charge is 0.289 e. The van der Waals surface area contributed by atoms with Crippen molar-refractivity contribution in [3.05, 3.63) is 66.4 Å². The van der Waals surface area contributed by atoms with Crippen molar-refractivity contribution in [2.75, 3.05) is 10.7 Å². The predicted molar refractivity (Wildman–Crippen MR) is 126 cm³/mol. The smallest absolute Gasteiger partial charge is 0.268 e. The van der Waals surface area contributed by atoms with Crippen LogP contribution in [0, 0.1) is 5.92 Å². The molecule has 33 heavy (non-hydrogen) atoms. The van der Waals surface area contributed by atoms with Gasteiger partial charge in [-0.2, -0.15) is 4.41 Å². The van der Waals surface area contributed by atoms with Crippen LogP contribution in [0.2, 0.25) is 0 Å².